The quantitative estimate of drug-likeness (QED) is 0.620. The van der Waals surface area contributed by atoms with E-state index >= 15 is 0 Å². The predicted molar refractivity (Wildman–Crippen MR) is 115 cm³/mol. The highest BCUT2D eigenvalue weighted by atomic mass is 35.5. The normalized spacial score (nSPS) is 13.8. The molecule has 1 aliphatic rings. The third-order valence-electron chi connectivity index (χ3n) is 5.12. The molecule has 2 amide bonds. The van der Waals surface area contributed by atoms with E-state index in [1.807, 2.05) is 12.1 Å². The average Bonchev–Trinajstić information content (AvgIpc) is 3.40. The number of nitrogens with one attached hydrogen (secondary N) is 1. The summed E-state index contributed by atoms with van der Waals surface area (Å²) in [5.41, 5.74) is 0.706. The smallest absolute Gasteiger partial charge is 0.291 e. The van der Waals surface area contributed by atoms with E-state index in [-0.39, 0.29) is 18.3 Å². The van der Waals surface area contributed by atoms with Crippen molar-refractivity contribution in [1.82, 2.24) is 14.7 Å². The van der Waals surface area contributed by atoms with Crippen LogP contribution in [0.1, 0.15) is 46.1 Å². The minimum absolute atomic E-state index is 0.109. The molecule has 0 aliphatic carbocycles. The number of halogens is 1. The second kappa shape index (κ2) is 9.26. The number of piperidine rings is 1. The lowest BCUT2D eigenvalue weighted by molar-refractivity contribution is 0.0714. The minimum atomic E-state index is -0.468. The first-order valence-electron chi connectivity index (χ1n) is 10.1. The Morgan fingerprint density at radius 1 is 1.16 bits per heavy atom. The molecule has 1 N–H and O–H groups in total. The van der Waals surface area contributed by atoms with E-state index < -0.39 is 5.91 Å². The number of rotatable bonds is 6. The van der Waals surface area contributed by atoms with Crippen molar-refractivity contribution in [2.45, 2.75) is 25.9 Å². The number of ether oxygens (including phenoxy) is 1. The first-order chi connectivity index (χ1) is 15.0. The summed E-state index contributed by atoms with van der Waals surface area (Å²) >= 11 is 6.08. The van der Waals surface area contributed by atoms with Gasteiger partial charge in [-0.3, -0.25) is 14.3 Å². The fraction of sp³-hybridized carbons (Fsp3) is 0.318. The molecule has 1 saturated heterocycles. The van der Waals surface area contributed by atoms with E-state index in [0.29, 0.717) is 41.0 Å². The Labute approximate surface area is 184 Å². The third-order valence-corrected chi connectivity index (χ3v) is 5.44. The monoisotopic (exact) mass is 442 g/mol. The van der Waals surface area contributed by atoms with Crippen LogP contribution in [0.4, 0.5) is 5.69 Å². The molecule has 2 aromatic heterocycles. The second-order valence-electron chi connectivity index (χ2n) is 7.32. The van der Waals surface area contributed by atoms with Crippen LogP contribution in [0, 0.1) is 0 Å². The number of benzene rings is 1. The van der Waals surface area contributed by atoms with Gasteiger partial charge in [-0.1, -0.05) is 23.7 Å². The van der Waals surface area contributed by atoms with E-state index in [0.717, 1.165) is 19.3 Å². The summed E-state index contributed by atoms with van der Waals surface area (Å²) < 4.78 is 12.7. The van der Waals surface area contributed by atoms with Crippen molar-refractivity contribution in [2.75, 3.05) is 18.4 Å². The van der Waals surface area contributed by atoms with Crippen LogP contribution >= 0.6 is 11.6 Å². The number of para-hydroxylation sites is 1. The highest BCUT2D eigenvalue weighted by Gasteiger charge is 2.25. The molecule has 3 aromatic rings. The highest BCUT2D eigenvalue weighted by Crippen LogP contribution is 2.25. The molecule has 1 fully saturated rings. The van der Waals surface area contributed by atoms with Gasteiger partial charge in [0.15, 0.2) is 5.76 Å². The van der Waals surface area contributed by atoms with Crippen LogP contribution in [0.15, 0.2) is 47.0 Å². The summed E-state index contributed by atoms with van der Waals surface area (Å²) in [5.74, 6) is 0.509. The van der Waals surface area contributed by atoms with Crippen molar-refractivity contribution in [3.8, 4) is 5.75 Å². The average molecular weight is 443 g/mol. The zero-order valence-corrected chi connectivity index (χ0v) is 17.9. The van der Waals surface area contributed by atoms with E-state index in [9.17, 15) is 9.59 Å². The summed E-state index contributed by atoms with van der Waals surface area (Å²) in [6.45, 7) is 1.55. The molecule has 9 heteroatoms. The maximum Gasteiger partial charge on any atom is 0.291 e. The fourth-order valence-corrected chi connectivity index (χ4v) is 3.69. The third kappa shape index (κ3) is 4.74. The standard InChI is InChI=1S/C22H23ClN4O4/c1-26-20(22(29)27-11-5-2-6-12-27)17(13-24-26)25-21(28)19-10-9-15(31-19)14-30-18-8-4-3-7-16(18)23/h3-4,7-10,13H,2,5-6,11-12,14H2,1H3,(H,25,28). The lowest BCUT2D eigenvalue weighted by Gasteiger charge is -2.27. The summed E-state index contributed by atoms with van der Waals surface area (Å²) in [6.07, 6.45) is 4.56. The number of hydrogen-bond donors (Lipinski definition) is 1. The van der Waals surface area contributed by atoms with Crippen LogP contribution < -0.4 is 10.1 Å². The van der Waals surface area contributed by atoms with Gasteiger partial charge in [0.2, 0.25) is 0 Å². The largest absolute Gasteiger partial charge is 0.484 e. The Kier molecular flexibility index (Phi) is 6.27. The van der Waals surface area contributed by atoms with Gasteiger partial charge in [-0.2, -0.15) is 5.10 Å². The number of amides is 2. The summed E-state index contributed by atoms with van der Waals surface area (Å²) in [7, 11) is 1.68. The summed E-state index contributed by atoms with van der Waals surface area (Å²) in [5, 5.41) is 7.38. The number of aryl methyl sites for hydroxylation is 1. The molecule has 0 unspecified atom stereocenters. The Hall–Kier alpha value is -3.26. The first-order valence-corrected chi connectivity index (χ1v) is 10.5. The van der Waals surface area contributed by atoms with Crippen molar-refractivity contribution in [3.63, 3.8) is 0 Å². The van der Waals surface area contributed by atoms with Crippen LogP contribution in [0.2, 0.25) is 5.02 Å². The van der Waals surface area contributed by atoms with Crippen LogP contribution in [0.25, 0.3) is 0 Å². The van der Waals surface area contributed by atoms with Gasteiger partial charge in [0.25, 0.3) is 11.8 Å². The molecule has 0 spiro atoms. The lowest BCUT2D eigenvalue weighted by Crippen LogP contribution is -2.37. The molecule has 0 radical (unpaired) electrons. The van der Waals surface area contributed by atoms with Crippen molar-refractivity contribution in [2.24, 2.45) is 7.05 Å². The van der Waals surface area contributed by atoms with E-state index in [1.165, 1.54) is 10.9 Å². The SMILES string of the molecule is Cn1ncc(NC(=O)c2ccc(COc3ccccc3Cl)o2)c1C(=O)N1CCCCC1. The Bertz CT molecular complexity index is 1080. The number of furan rings is 1. The Balaban J connectivity index is 1.42. The first kappa shape index (κ1) is 21.0. The molecule has 1 aromatic carbocycles. The van der Waals surface area contributed by atoms with Gasteiger partial charge in [0, 0.05) is 20.1 Å². The second-order valence-corrected chi connectivity index (χ2v) is 7.73. The molecule has 1 aliphatic heterocycles. The van der Waals surface area contributed by atoms with Crippen molar-refractivity contribution in [1.29, 1.82) is 0 Å². The van der Waals surface area contributed by atoms with Gasteiger partial charge in [-0.15, -0.1) is 0 Å². The molecule has 0 saturated carbocycles. The minimum Gasteiger partial charge on any atom is -0.484 e. The Morgan fingerprint density at radius 3 is 2.71 bits per heavy atom. The van der Waals surface area contributed by atoms with Crippen molar-refractivity contribution >= 4 is 29.1 Å². The molecule has 31 heavy (non-hydrogen) atoms. The number of hydrogen-bond acceptors (Lipinski definition) is 5. The number of carbonyl (C=O) groups is 2. The zero-order chi connectivity index (χ0) is 21.8. The molecule has 4 rings (SSSR count). The van der Waals surface area contributed by atoms with Crippen LogP contribution in [0.5, 0.6) is 5.75 Å². The van der Waals surface area contributed by atoms with E-state index in [1.54, 1.807) is 36.2 Å². The van der Waals surface area contributed by atoms with Crippen LogP contribution in [-0.4, -0.2) is 39.6 Å². The lowest BCUT2D eigenvalue weighted by atomic mass is 10.1. The van der Waals surface area contributed by atoms with Gasteiger partial charge < -0.3 is 19.4 Å². The highest BCUT2D eigenvalue weighted by molar-refractivity contribution is 6.32. The van der Waals surface area contributed by atoms with Crippen molar-refractivity contribution < 1.29 is 18.7 Å². The van der Waals surface area contributed by atoms with Gasteiger partial charge >= 0.3 is 0 Å². The zero-order valence-electron chi connectivity index (χ0n) is 17.1. The van der Waals surface area contributed by atoms with Gasteiger partial charge in [0.05, 0.1) is 16.9 Å². The van der Waals surface area contributed by atoms with Crippen LogP contribution in [-0.2, 0) is 13.7 Å². The fourth-order valence-electron chi connectivity index (χ4n) is 3.50. The molecule has 8 nitrogen and oxygen atoms in total. The van der Waals surface area contributed by atoms with E-state index in [4.69, 9.17) is 20.8 Å². The number of carbonyl (C=O) groups excluding carboxylic acids is 2. The summed E-state index contributed by atoms with van der Waals surface area (Å²) in [6, 6.07) is 10.3. The van der Waals surface area contributed by atoms with Gasteiger partial charge in [-0.05, 0) is 43.5 Å². The topological polar surface area (TPSA) is 89.6 Å². The van der Waals surface area contributed by atoms with E-state index in [2.05, 4.69) is 10.4 Å². The number of anilines is 1. The number of likely N-dealkylation sites (tertiary alicyclic amines) is 1. The van der Waals surface area contributed by atoms with Crippen molar-refractivity contribution in [3.05, 3.63) is 64.8 Å². The van der Waals surface area contributed by atoms with Gasteiger partial charge in [-0.25, -0.2) is 0 Å². The van der Waals surface area contributed by atoms with Crippen LogP contribution in [0.3, 0.4) is 0 Å². The molecule has 3 heterocycles. The molecular formula is C22H23ClN4O4. The maximum absolute atomic E-state index is 12.9. The molecule has 0 atom stereocenters. The molecule has 162 valence electrons. The van der Waals surface area contributed by atoms with Gasteiger partial charge in [0.1, 0.15) is 23.8 Å². The molecule has 0 bridgehead atoms. The molecular weight excluding hydrogens is 420 g/mol. The summed E-state index contributed by atoms with van der Waals surface area (Å²) in [4.78, 5) is 27.4. The number of nitrogens with zero attached hydrogens (tertiary/aromatic N) is 3. The number of aromatic nitrogens is 2. The Morgan fingerprint density at radius 2 is 1.94 bits per heavy atom. The maximum atomic E-state index is 12.9. The predicted octanol–water partition coefficient (Wildman–Crippen LogP) is 4.12.